The normalized spacial score (nSPS) is 15.9. The molecule has 0 aliphatic carbocycles. The van der Waals surface area contributed by atoms with Crippen LogP contribution in [0.15, 0.2) is 49.1 Å². The molecule has 3 aromatic rings. The van der Waals surface area contributed by atoms with Crippen LogP contribution in [0.2, 0.25) is 0 Å². The third-order valence-corrected chi connectivity index (χ3v) is 5.33. The second-order valence-electron chi connectivity index (χ2n) is 7.52. The first-order valence-electron chi connectivity index (χ1n) is 9.88. The summed E-state index contributed by atoms with van der Waals surface area (Å²) < 4.78 is 37.7. The van der Waals surface area contributed by atoms with E-state index in [0.29, 0.717) is 12.6 Å². The maximum atomic E-state index is 12.6. The zero-order chi connectivity index (χ0) is 22.9. The van der Waals surface area contributed by atoms with Gasteiger partial charge < -0.3 is 15.3 Å². The van der Waals surface area contributed by atoms with Crippen LogP contribution in [0.3, 0.4) is 0 Å². The molecule has 0 spiro atoms. The molecule has 32 heavy (non-hydrogen) atoms. The van der Waals surface area contributed by atoms with Gasteiger partial charge in [0, 0.05) is 37.2 Å². The molecule has 0 fully saturated rings. The number of aromatic nitrogens is 3. The van der Waals surface area contributed by atoms with E-state index >= 15 is 0 Å². The summed E-state index contributed by atoms with van der Waals surface area (Å²) in [5.74, 6) is -0.632. The van der Waals surface area contributed by atoms with Crippen LogP contribution in [-0.4, -0.2) is 39.2 Å². The average Bonchev–Trinajstić information content (AvgIpc) is 2.79. The van der Waals surface area contributed by atoms with E-state index < -0.39 is 24.0 Å². The molecular weight excluding hydrogens is 423 g/mol. The molecule has 0 radical (unpaired) electrons. The van der Waals surface area contributed by atoms with Gasteiger partial charge >= 0.3 is 6.18 Å². The van der Waals surface area contributed by atoms with Crippen molar-refractivity contribution in [2.24, 2.45) is 0 Å². The summed E-state index contributed by atoms with van der Waals surface area (Å²) in [6.07, 6.45) is 0.977. The Kier molecular flexibility index (Phi) is 5.79. The van der Waals surface area contributed by atoms with Gasteiger partial charge in [-0.25, -0.2) is 9.97 Å². The molecule has 1 aliphatic rings. The van der Waals surface area contributed by atoms with Crippen molar-refractivity contribution in [2.75, 3.05) is 11.9 Å². The van der Waals surface area contributed by atoms with Crippen molar-refractivity contribution in [3.63, 3.8) is 0 Å². The number of nitrogens with zero attached hydrogens (tertiary/aromatic N) is 4. The Hall–Kier alpha value is -3.53. The van der Waals surface area contributed by atoms with E-state index in [0.717, 1.165) is 40.6 Å². The standard InChI is InChI=1S/C22H20F3N5O2/c1-30-18-4-2-14(7-15(18)3-5-20(30)31)16-6-13(8-26-10-16)9-29-21(32)17-11-28-19(12-27-17)22(23,24)25/h2,4,6-8,10-12,20,31H,3,5,9H2,1H3,(H,29,32). The van der Waals surface area contributed by atoms with Crippen molar-refractivity contribution >= 4 is 11.6 Å². The Balaban J connectivity index is 1.45. The molecule has 4 rings (SSSR count). The fourth-order valence-corrected chi connectivity index (χ4v) is 3.55. The fraction of sp³-hybridized carbons (Fsp3) is 0.273. The first-order chi connectivity index (χ1) is 15.2. The van der Waals surface area contributed by atoms with Crippen molar-refractivity contribution in [1.82, 2.24) is 20.3 Å². The molecule has 0 saturated heterocycles. The summed E-state index contributed by atoms with van der Waals surface area (Å²) in [7, 11) is 1.86. The van der Waals surface area contributed by atoms with Crippen LogP contribution in [0.1, 0.15) is 33.7 Å². The minimum atomic E-state index is -4.61. The maximum Gasteiger partial charge on any atom is 0.434 e. The summed E-state index contributed by atoms with van der Waals surface area (Å²) in [5.41, 5.74) is 3.31. The highest BCUT2D eigenvalue weighted by Gasteiger charge is 2.33. The van der Waals surface area contributed by atoms with Crippen molar-refractivity contribution in [3.05, 3.63) is 71.6 Å². The highest BCUT2D eigenvalue weighted by molar-refractivity contribution is 5.91. The highest BCUT2D eigenvalue weighted by Crippen LogP contribution is 2.32. The molecule has 2 N–H and O–H groups in total. The van der Waals surface area contributed by atoms with E-state index in [1.54, 1.807) is 12.4 Å². The summed E-state index contributed by atoms with van der Waals surface area (Å²) in [4.78, 5) is 25.1. The number of nitrogens with one attached hydrogen (secondary N) is 1. The lowest BCUT2D eigenvalue weighted by atomic mass is 9.96. The number of aliphatic hydroxyl groups is 1. The molecule has 0 bridgehead atoms. The van der Waals surface area contributed by atoms with Crippen molar-refractivity contribution < 1.29 is 23.1 Å². The number of alkyl halides is 3. The lowest BCUT2D eigenvalue weighted by Crippen LogP contribution is -2.35. The number of fused-ring (bicyclic) bond motifs is 1. The van der Waals surface area contributed by atoms with Crippen molar-refractivity contribution in [1.29, 1.82) is 0 Å². The second kappa shape index (κ2) is 8.54. The molecule has 1 atom stereocenters. The number of hydrogen-bond donors (Lipinski definition) is 2. The molecule has 0 saturated carbocycles. The molecular formula is C22H20F3N5O2. The van der Waals surface area contributed by atoms with Crippen molar-refractivity contribution in [2.45, 2.75) is 31.8 Å². The molecule has 2 aromatic heterocycles. The van der Waals surface area contributed by atoms with E-state index in [4.69, 9.17) is 0 Å². The van der Waals surface area contributed by atoms with Gasteiger partial charge in [-0.05, 0) is 47.7 Å². The monoisotopic (exact) mass is 443 g/mol. The lowest BCUT2D eigenvalue weighted by molar-refractivity contribution is -0.141. The third-order valence-electron chi connectivity index (χ3n) is 5.33. The average molecular weight is 443 g/mol. The summed E-state index contributed by atoms with van der Waals surface area (Å²) in [5, 5.41) is 12.6. The van der Waals surface area contributed by atoms with E-state index in [1.165, 1.54) is 0 Å². The Labute approximate surface area is 182 Å². The van der Waals surface area contributed by atoms with Gasteiger partial charge in [0.1, 0.15) is 11.9 Å². The summed E-state index contributed by atoms with van der Waals surface area (Å²) >= 11 is 0. The van der Waals surface area contributed by atoms with Crippen molar-refractivity contribution in [3.8, 4) is 11.1 Å². The number of rotatable bonds is 4. The Bertz CT molecular complexity index is 1140. The molecule has 1 amide bonds. The van der Waals surface area contributed by atoms with Crippen LogP contribution in [0, 0.1) is 0 Å². The number of pyridine rings is 1. The van der Waals surface area contributed by atoms with Gasteiger partial charge in [-0.1, -0.05) is 6.07 Å². The lowest BCUT2D eigenvalue weighted by Gasteiger charge is -2.32. The van der Waals surface area contributed by atoms with Gasteiger partial charge in [0.25, 0.3) is 5.91 Å². The maximum absolute atomic E-state index is 12.6. The first-order valence-corrected chi connectivity index (χ1v) is 9.88. The first kappa shape index (κ1) is 21.7. The van der Waals surface area contributed by atoms with Gasteiger partial charge in [0.05, 0.1) is 12.4 Å². The minimum Gasteiger partial charge on any atom is -0.374 e. The van der Waals surface area contributed by atoms with E-state index in [-0.39, 0.29) is 12.2 Å². The van der Waals surface area contributed by atoms with Crippen LogP contribution in [0.25, 0.3) is 11.1 Å². The topological polar surface area (TPSA) is 91.2 Å². The zero-order valence-electron chi connectivity index (χ0n) is 17.1. The largest absolute Gasteiger partial charge is 0.434 e. The van der Waals surface area contributed by atoms with Crippen LogP contribution < -0.4 is 10.2 Å². The molecule has 1 aromatic carbocycles. The van der Waals surface area contributed by atoms with Crippen LogP contribution in [0.5, 0.6) is 0 Å². The number of benzene rings is 1. The van der Waals surface area contributed by atoms with Gasteiger partial charge in [-0.3, -0.25) is 9.78 Å². The van der Waals surface area contributed by atoms with Gasteiger partial charge in [0.2, 0.25) is 0 Å². The molecule has 1 aliphatic heterocycles. The predicted molar refractivity (Wildman–Crippen MR) is 111 cm³/mol. The Morgan fingerprint density at radius 3 is 2.69 bits per heavy atom. The Morgan fingerprint density at radius 2 is 1.97 bits per heavy atom. The minimum absolute atomic E-state index is 0.127. The number of anilines is 1. The number of carbonyl (C=O) groups excluding carboxylic acids is 1. The summed E-state index contributed by atoms with van der Waals surface area (Å²) in [6.45, 7) is 0.127. The molecule has 166 valence electrons. The number of hydrogen-bond acceptors (Lipinski definition) is 6. The Morgan fingerprint density at radius 1 is 1.16 bits per heavy atom. The number of aliphatic hydroxyl groups excluding tert-OH is 1. The quantitative estimate of drug-likeness (QED) is 0.644. The molecule has 1 unspecified atom stereocenters. The molecule has 3 heterocycles. The molecule has 7 nitrogen and oxygen atoms in total. The van der Waals surface area contributed by atoms with E-state index in [1.807, 2.05) is 30.1 Å². The zero-order valence-corrected chi connectivity index (χ0v) is 17.1. The van der Waals surface area contributed by atoms with Gasteiger partial charge in [-0.2, -0.15) is 13.2 Å². The number of carbonyl (C=O) groups is 1. The van der Waals surface area contributed by atoms with Crippen LogP contribution in [-0.2, 0) is 19.1 Å². The second-order valence-corrected chi connectivity index (χ2v) is 7.52. The molecule has 10 heteroatoms. The number of aryl methyl sites for hydroxylation is 1. The van der Waals surface area contributed by atoms with E-state index in [9.17, 15) is 23.1 Å². The predicted octanol–water partition coefficient (Wildman–Crippen LogP) is 3.19. The highest BCUT2D eigenvalue weighted by atomic mass is 19.4. The number of amides is 1. The van der Waals surface area contributed by atoms with Crippen LogP contribution in [0.4, 0.5) is 18.9 Å². The van der Waals surface area contributed by atoms with Gasteiger partial charge in [-0.15, -0.1) is 0 Å². The third kappa shape index (κ3) is 4.54. The van der Waals surface area contributed by atoms with E-state index in [2.05, 4.69) is 26.3 Å². The SMILES string of the molecule is CN1c2ccc(-c3cncc(CNC(=O)c4cnc(C(F)(F)F)cn4)c3)cc2CCC1O. The smallest absolute Gasteiger partial charge is 0.374 e. The van der Waals surface area contributed by atoms with Crippen LogP contribution >= 0.6 is 0 Å². The fourth-order valence-electron chi connectivity index (χ4n) is 3.55. The van der Waals surface area contributed by atoms with Gasteiger partial charge in [0.15, 0.2) is 5.69 Å². The summed E-state index contributed by atoms with van der Waals surface area (Å²) in [6, 6.07) is 7.86. The number of halogens is 3.